The maximum atomic E-state index is 12.3. The highest BCUT2D eigenvalue weighted by molar-refractivity contribution is 5.74. The standard InChI is InChI=1S/C27H37N3O4/c1-5-6-7-8-9-12-17-33-25(31)16-15-20-18-21(27(2,3)4)26(34-32)24(19-20)30-28-22-13-10-11-14-23(22)29-30/h10-11,13-14,18-19,32H,5-9,12,15-17H2,1-4H3. The zero-order valence-electron chi connectivity index (χ0n) is 20.8. The van der Waals surface area contributed by atoms with Gasteiger partial charge in [-0.3, -0.25) is 4.79 Å². The molecule has 0 atom stereocenters. The first-order valence-corrected chi connectivity index (χ1v) is 12.3. The maximum Gasteiger partial charge on any atom is 0.306 e. The van der Waals surface area contributed by atoms with Crippen molar-refractivity contribution >= 4 is 17.0 Å². The van der Waals surface area contributed by atoms with Gasteiger partial charge in [-0.2, -0.15) is 0 Å². The molecule has 184 valence electrons. The van der Waals surface area contributed by atoms with Gasteiger partial charge in [0.15, 0.2) is 5.75 Å². The molecule has 0 saturated carbocycles. The number of esters is 1. The molecule has 0 amide bonds. The molecular formula is C27H37N3O4. The molecule has 34 heavy (non-hydrogen) atoms. The summed E-state index contributed by atoms with van der Waals surface area (Å²) in [5.74, 6) is 0.111. The molecule has 0 fully saturated rings. The number of nitrogens with zero attached hydrogens (tertiary/aromatic N) is 3. The lowest BCUT2D eigenvalue weighted by atomic mass is 9.84. The average Bonchev–Trinajstić information content (AvgIpc) is 3.25. The molecule has 1 aromatic heterocycles. The van der Waals surface area contributed by atoms with Crippen molar-refractivity contribution in [2.75, 3.05) is 6.61 Å². The smallest absolute Gasteiger partial charge is 0.306 e. The van der Waals surface area contributed by atoms with Crippen molar-refractivity contribution in [1.29, 1.82) is 0 Å². The highest BCUT2D eigenvalue weighted by Crippen LogP contribution is 2.37. The summed E-state index contributed by atoms with van der Waals surface area (Å²) in [5.41, 5.74) is 3.44. The van der Waals surface area contributed by atoms with Crippen LogP contribution in [0.3, 0.4) is 0 Å². The Kier molecular flexibility index (Phi) is 9.05. The summed E-state index contributed by atoms with van der Waals surface area (Å²) in [6.07, 6.45) is 7.74. The van der Waals surface area contributed by atoms with E-state index in [9.17, 15) is 10.1 Å². The highest BCUT2D eigenvalue weighted by atomic mass is 17.1. The van der Waals surface area contributed by atoms with E-state index in [0.717, 1.165) is 35.0 Å². The highest BCUT2D eigenvalue weighted by Gasteiger charge is 2.25. The number of hydrogen-bond acceptors (Lipinski definition) is 6. The van der Waals surface area contributed by atoms with Crippen LogP contribution in [0.1, 0.15) is 83.8 Å². The minimum atomic E-state index is -0.312. The zero-order valence-corrected chi connectivity index (χ0v) is 20.8. The van der Waals surface area contributed by atoms with Crippen molar-refractivity contribution in [2.24, 2.45) is 0 Å². The van der Waals surface area contributed by atoms with Gasteiger partial charge in [0.1, 0.15) is 16.7 Å². The Morgan fingerprint density at radius 2 is 1.65 bits per heavy atom. The first-order chi connectivity index (χ1) is 16.3. The predicted octanol–water partition coefficient (Wildman–Crippen LogP) is 6.41. The molecule has 7 nitrogen and oxygen atoms in total. The van der Waals surface area contributed by atoms with Gasteiger partial charge < -0.3 is 9.62 Å². The van der Waals surface area contributed by atoms with E-state index >= 15 is 0 Å². The molecule has 0 bridgehead atoms. The van der Waals surface area contributed by atoms with Gasteiger partial charge in [-0.05, 0) is 42.0 Å². The third-order valence-electron chi connectivity index (χ3n) is 5.91. The Hall–Kier alpha value is -2.93. The van der Waals surface area contributed by atoms with Crippen molar-refractivity contribution < 1.29 is 19.7 Å². The quantitative estimate of drug-likeness (QED) is 0.143. The number of carbonyl (C=O) groups excluding carboxylic acids is 1. The number of ether oxygens (including phenoxy) is 1. The van der Waals surface area contributed by atoms with E-state index in [1.807, 2.05) is 57.2 Å². The van der Waals surface area contributed by atoms with Crippen molar-refractivity contribution in [1.82, 2.24) is 15.0 Å². The normalized spacial score (nSPS) is 11.7. The molecule has 1 N–H and O–H groups in total. The Labute approximate surface area is 202 Å². The van der Waals surface area contributed by atoms with E-state index in [2.05, 4.69) is 17.1 Å². The average molecular weight is 468 g/mol. The molecule has 0 aliphatic heterocycles. The zero-order chi connectivity index (χ0) is 24.6. The minimum Gasteiger partial charge on any atom is -0.466 e. The fourth-order valence-electron chi connectivity index (χ4n) is 3.97. The molecule has 3 aromatic rings. The van der Waals surface area contributed by atoms with Crippen LogP contribution in [0, 0.1) is 0 Å². The van der Waals surface area contributed by atoms with Gasteiger partial charge in [0.25, 0.3) is 0 Å². The number of rotatable bonds is 12. The first kappa shape index (κ1) is 25.7. The summed E-state index contributed by atoms with van der Waals surface area (Å²) in [6.45, 7) is 8.80. The molecule has 0 unspecified atom stereocenters. The van der Waals surface area contributed by atoms with Crippen molar-refractivity contribution in [3.05, 3.63) is 47.5 Å². The topological polar surface area (TPSA) is 86.5 Å². The van der Waals surface area contributed by atoms with Gasteiger partial charge in [-0.25, -0.2) is 5.26 Å². The number of benzene rings is 2. The molecule has 0 aliphatic rings. The van der Waals surface area contributed by atoms with Gasteiger partial charge in [0.05, 0.1) is 6.61 Å². The Bertz CT molecular complexity index is 1050. The molecule has 7 heteroatoms. The van der Waals surface area contributed by atoms with Gasteiger partial charge in [-0.1, -0.05) is 78.0 Å². The van der Waals surface area contributed by atoms with Crippen LogP contribution < -0.4 is 4.89 Å². The monoisotopic (exact) mass is 467 g/mol. The lowest BCUT2D eigenvalue weighted by Crippen LogP contribution is -2.16. The van der Waals surface area contributed by atoms with Crippen LogP contribution in [0.25, 0.3) is 16.7 Å². The van der Waals surface area contributed by atoms with Crippen LogP contribution in [-0.4, -0.2) is 32.8 Å². The summed E-state index contributed by atoms with van der Waals surface area (Å²) in [7, 11) is 0. The number of hydrogen-bond donors (Lipinski definition) is 1. The lowest BCUT2D eigenvalue weighted by molar-refractivity contribution is -0.143. The Morgan fingerprint density at radius 1 is 1.00 bits per heavy atom. The molecule has 2 aromatic carbocycles. The number of fused-ring (bicyclic) bond motifs is 1. The molecule has 3 rings (SSSR count). The third-order valence-corrected chi connectivity index (χ3v) is 5.91. The van der Waals surface area contributed by atoms with Crippen LogP contribution in [-0.2, 0) is 21.4 Å². The molecule has 0 spiro atoms. The summed E-state index contributed by atoms with van der Waals surface area (Å²) in [5, 5.41) is 18.9. The van der Waals surface area contributed by atoms with Gasteiger partial charge >= 0.3 is 5.97 Å². The van der Waals surface area contributed by atoms with Crippen molar-refractivity contribution in [3.8, 4) is 11.4 Å². The van der Waals surface area contributed by atoms with Gasteiger partial charge in [0, 0.05) is 12.0 Å². The van der Waals surface area contributed by atoms with E-state index in [0.29, 0.717) is 24.5 Å². The maximum absolute atomic E-state index is 12.3. The van der Waals surface area contributed by atoms with E-state index in [-0.39, 0.29) is 17.8 Å². The first-order valence-electron chi connectivity index (χ1n) is 12.3. The van der Waals surface area contributed by atoms with Crippen LogP contribution in [0.2, 0.25) is 0 Å². The summed E-state index contributed by atoms with van der Waals surface area (Å²) < 4.78 is 5.43. The molecular weight excluding hydrogens is 430 g/mol. The van der Waals surface area contributed by atoms with E-state index in [1.165, 1.54) is 30.5 Å². The summed E-state index contributed by atoms with van der Waals surface area (Å²) in [6, 6.07) is 11.4. The SMILES string of the molecule is CCCCCCCCOC(=O)CCc1cc(-n2nc3ccccc3n2)c(OO)c(C(C)(C)C)c1. The summed E-state index contributed by atoms with van der Waals surface area (Å²) in [4.78, 5) is 18.6. The Balaban J connectivity index is 1.73. The number of aromatic nitrogens is 3. The van der Waals surface area contributed by atoms with Crippen LogP contribution in [0.5, 0.6) is 5.75 Å². The van der Waals surface area contributed by atoms with E-state index in [1.54, 1.807) is 0 Å². The van der Waals surface area contributed by atoms with Crippen molar-refractivity contribution in [3.63, 3.8) is 0 Å². The second-order valence-electron chi connectivity index (χ2n) is 9.80. The van der Waals surface area contributed by atoms with E-state index in [4.69, 9.17) is 9.62 Å². The number of carbonyl (C=O) groups is 1. The largest absolute Gasteiger partial charge is 0.466 e. The predicted molar refractivity (Wildman–Crippen MR) is 133 cm³/mol. The lowest BCUT2D eigenvalue weighted by Gasteiger charge is -2.23. The van der Waals surface area contributed by atoms with Crippen LogP contribution in [0.15, 0.2) is 36.4 Å². The molecule has 0 radical (unpaired) electrons. The van der Waals surface area contributed by atoms with Crippen molar-refractivity contribution in [2.45, 2.75) is 84.5 Å². The minimum absolute atomic E-state index is 0.196. The fraction of sp³-hybridized carbons (Fsp3) is 0.519. The second kappa shape index (κ2) is 12.0. The van der Waals surface area contributed by atoms with Gasteiger partial charge in [-0.15, -0.1) is 15.0 Å². The van der Waals surface area contributed by atoms with Crippen LogP contribution in [0.4, 0.5) is 0 Å². The van der Waals surface area contributed by atoms with Gasteiger partial charge in [0.2, 0.25) is 0 Å². The molecule has 0 aliphatic carbocycles. The molecule has 0 saturated heterocycles. The number of unbranched alkanes of at least 4 members (excludes halogenated alkanes) is 5. The van der Waals surface area contributed by atoms with Crippen LogP contribution >= 0.6 is 0 Å². The Morgan fingerprint density at radius 3 is 2.26 bits per heavy atom. The van der Waals surface area contributed by atoms with E-state index < -0.39 is 0 Å². The fourth-order valence-corrected chi connectivity index (χ4v) is 3.97. The summed E-state index contributed by atoms with van der Waals surface area (Å²) >= 11 is 0. The third kappa shape index (κ3) is 6.79. The second-order valence-corrected chi connectivity index (χ2v) is 9.80. The number of aryl methyl sites for hydroxylation is 1. The molecule has 1 heterocycles.